The van der Waals surface area contributed by atoms with Gasteiger partial charge in [0.25, 0.3) is 0 Å². The maximum absolute atomic E-state index is 6.32. The van der Waals surface area contributed by atoms with E-state index in [0.717, 1.165) is 33.0 Å². The summed E-state index contributed by atoms with van der Waals surface area (Å²) in [6, 6.07) is 14.2. The van der Waals surface area contributed by atoms with Gasteiger partial charge in [-0.3, -0.25) is 5.10 Å². The summed E-state index contributed by atoms with van der Waals surface area (Å²) in [4.78, 5) is 1.22. The van der Waals surface area contributed by atoms with Gasteiger partial charge in [-0.05, 0) is 48.6 Å². The molecule has 2 aromatic carbocycles. The molecule has 1 N–H and O–H groups in total. The smallest absolute Gasteiger partial charge is 0.132 e. The fourth-order valence-electron chi connectivity index (χ4n) is 2.34. The van der Waals surface area contributed by atoms with Crippen LogP contribution in [0.3, 0.4) is 0 Å². The molecule has 0 radical (unpaired) electrons. The van der Waals surface area contributed by atoms with Crippen molar-refractivity contribution in [2.45, 2.75) is 11.8 Å². The number of thioether (sulfide) groups is 1. The quantitative estimate of drug-likeness (QED) is 0.581. The monoisotopic (exact) mass is 348 g/mol. The van der Waals surface area contributed by atoms with E-state index in [1.165, 1.54) is 4.90 Å². The van der Waals surface area contributed by atoms with E-state index in [-0.39, 0.29) is 0 Å². The molecule has 2 nitrogen and oxygen atoms in total. The minimum atomic E-state index is 0.533. The zero-order valence-corrected chi connectivity index (χ0v) is 14.5. The molecule has 0 fully saturated rings. The normalized spacial score (nSPS) is 10.9. The van der Waals surface area contributed by atoms with Gasteiger partial charge >= 0.3 is 0 Å². The number of hydrogen-bond donors (Lipinski definition) is 1. The lowest BCUT2D eigenvalue weighted by molar-refractivity contribution is 1.09. The zero-order chi connectivity index (χ0) is 15.7. The highest BCUT2D eigenvalue weighted by atomic mass is 35.5. The van der Waals surface area contributed by atoms with Gasteiger partial charge in [0.1, 0.15) is 10.8 Å². The summed E-state index contributed by atoms with van der Waals surface area (Å²) >= 11 is 14.2. The molecule has 0 unspecified atom stereocenters. The van der Waals surface area contributed by atoms with Crippen molar-refractivity contribution in [2.24, 2.45) is 0 Å². The van der Waals surface area contributed by atoms with Crippen LogP contribution < -0.4 is 0 Å². The van der Waals surface area contributed by atoms with Crippen molar-refractivity contribution in [3.8, 4) is 22.4 Å². The summed E-state index contributed by atoms with van der Waals surface area (Å²) in [5, 5.41) is 8.53. The maximum Gasteiger partial charge on any atom is 0.132 e. The molecule has 0 spiro atoms. The zero-order valence-electron chi connectivity index (χ0n) is 12.2. The molecule has 0 saturated heterocycles. The Kier molecular flexibility index (Phi) is 4.48. The second-order valence-electron chi connectivity index (χ2n) is 4.95. The van der Waals surface area contributed by atoms with E-state index < -0.39 is 0 Å². The lowest BCUT2D eigenvalue weighted by Crippen LogP contribution is -1.85. The van der Waals surface area contributed by atoms with Gasteiger partial charge in [0.05, 0.1) is 0 Å². The molecule has 22 heavy (non-hydrogen) atoms. The average Bonchev–Trinajstić information content (AvgIpc) is 2.92. The van der Waals surface area contributed by atoms with Gasteiger partial charge in [0.15, 0.2) is 0 Å². The van der Waals surface area contributed by atoms with Gasteiger partial charge in [-0.1, -0.05) is 41.4 Å². The summed E-state index contributed by atoms with van der Waals surface area (Å²) in [5.41, 5.74) is 4.80. The van der Waals surface area contributed by atoms with Crippen LogP contribution in [0.2, 0.25) is 10.2 Å². The van der Waals surface area contributed by atoms with E-state index in [4.69, 9.17) is 23.2 Å². The number of hydrogen-bond acceptors (Lipinski definition) is 2. The molecule has 0 aliphatic rings. The third-order valence-electron chi connectivity index (χ3n) is 3.53. The van der Waals surface area contributed by atoms with E-state index in [9.17, 15) is 0 Å². The van der Waals surface area contributed by atoms with Crippen molar-refractivity contribution in [1.82, 2.24) is 10.2 Å². The molecule has 0 aliphatic carbocycles. The molecule has 1 aromatic heterocycles. The molecule has 112 valence electrons. The van der Waals surface area contributed by atoms with Crippen LogP contribution in [0.15, 0.2) is 47.4 Å². The Hall–Kier alpha value is -1.42. The molecule has 0 aliphatic heterocycles. The molecule has 3 rings (SSSR count). The molecule has 5 heteroatoms. The van der Waals surface area contributed by atoms with Crippen molar-refractivity contribution >= 4 is 35.0 Å². The summed E-state index contributed by atoms with van der Waals surface area (Å²) in [6.07, 6.45) is 2.06. The highest BCUT2D eigenvalue weighted by molar-refractivity contribution is 7.98. The third-order valence-corrected chi connectivity index (χ3v) is 4.97. The van der Waals surface area contributed by atoms with Crippen LogP contribution in [0, 0.1) is 6.92 Å². The van der Waals surface area contributed by atoms with E-state index in [1.807, 2.05) is 25.1 Å². The Morgan fingerprint density at radius 3 is 2.32 bits per heavy atom. The number of nitrogens with one attached hydrogen (secondary N) is 1. The van der Waals surface area contributed by atoms with Gasteiger partial charge in [0, 0.05) is 21.0 Å². The first-order valence-corrected chi connectivity index (χ1v) is 8.73. The van der Waals surface area contributed by atoms with Crippen molar-refractivity contribution < 1.29 is 0 Å². The summed E-state index contributed by atoms with van der Waals surface area (Å²) in [7, 11) is 0. The van der Waals surface area contributed by atoms with Crippen LogP contribution in [0.5, 0.6) is 0 Å². The summed E-state index contributed by atoms with van der Waals surface area (Å²) in [6.45, 7) is 1.98. The number of aryl methyl sites for hydroxylation is 1. The molecule has 0 saturated carbocycles. The van der Waals surface area contributed by atoms with Gasteiger partial charge < -0.3 is 0 Å². The second kappa shape index (κ2) is 6.37. The van der Waals surface area contributed by atoms with Crippen molar-refractivity contribution in [3.63, 3.8) is 0 Å². The molecule has 1 heterocycles. The van der Waals surface area contributed by atoms with Crippen molar-refractivity contribution in [2.75, 3.05) is 6.26 Å². The predicted octanol–water partition coefficient (Wildman–Crippen LogP) is 6.08. The molecular weight excluding hydrogens is 335 g/mol. The van der Waals surface area contributed by atoms with Crippen LogP contribution in [-0.2, 0) is 0 Å². The molecular formula is C17H14Cl2N2S. The van der Waals surface area contributed by atoms with Crippen LogP contribution >= 0.6 is 35.0 Å². The van der Waals surface area contributed by atoms with Crippen LogP contribution in [0.4, 0.5) is 0 Å². The number of nitrogens with zero attached hydrogens (tertiary/aromatic N) is 1. The number of aromatic nitrogens is 2. The van der Waals surface area contributed by atoms with Gasteiger partial charge in [0.2, 0.25) is 0 Å². The third kappa shape index (κ3) is 2.89. The van der Waals surface area contributed by atoms with Crippen molar-refractivity contribution in [1.29, 1.82) is 0 Å². The number of benzene rings is 2. The number of aromatic amines is 1. The highest BCUT2D eigenvalue weighted by Gasteiger charge is 2.16. The van der Waals surface area contributed by atoms with Crippen molar-refractivity contribution in [3.05, 3.63) is 58.2 Å². The Morgan fingerprint density at radius 2 is 1.68 bits per heavy atom. The highest BCUT2D eigenvalue weighted by Crippen LogP contribution is 2.37. The predicted molar refractivity (Wildman–Crippen MR) is 96.0 cm³/mol. The first-order chi connectivity index (χ1) is 10.6. The Bertz CT molecular complexity index is 810. The minimum Gasteiger partial charge on any atom is -0.266 e. The molecule has 0 amide bonds. The Labute approximate surface area is 143 Å². The summed E-state index contributed by atoms with van der Waals surface area (Å²) < 4.78 is 0. The molecule has 0 bridgehead atoms. The van der Waals surface area contributed by atoms with Gasteiger partial charge in [-0.15, -0.1) is 11.8 Å². The first-order valence-electron chi connectivity index (χ1n) is 6.75. The lowest BCUT2D eigenvalue weighted by Gasteiger charge is -2.07. The fourth-order valence-corrected chi connectivity index (χ4v) is 3.11. The second-order valence-corrected chi connectivity index (χ2v) is 6.62. The molecule has 3 aromatic rings. The fraction of sp³-hybridized carbons (Fsp3) is 0.118. The minimum absolute atomic E-state index is 0.533. The van der Waals surface area contributed by atoms with Crippen LogP contribution in [0.1, 0.15) is 5.56 Å². The van der Waals surface area contributed by atoms with E-state index in [1.54, 1.807) is 11.8 Å². The number of halogens is 2. The van der Waals surface area contributed by atoms with Gasteiger partial charge in [-0.2, -0.15) is 5.10 Å². The average molecular weight is 349 g/mol. The van der Waals surface area contributed by atoms with E-state index in [2.05, 4.69) is 40.7 Å². The van der Waals surface area contributed by atoms with Gasteiger partial charge in [-0.25, -0.2) is 0 Å². The van der Waals surface area contributed by atoms with Crippen LogP contribution in [0.25, 0.3) is 22.4 Å². The number of H-pyrrole nitrogens is 1. The van der Waals surface area contributed by atoms with E-state index in [0.29, 0.717) is 5.15 Å². The Morgan fingerprint density at radius 1 is 1.00 bits per heavy atom. The number of rotatable bonds is 3. The Balaban J connectivity index is 2.12. The van der Waals surface area contributed by atoms with E-state index >= 15 is 0 Å². The standard InChI is InChI=1S/C17H14Cl2N2S/c1-10-9-12(5-8-14(10)18)15-16(20-21-17(15)19)11-3-6-13(22-2)7-4-11/h3-9H,1-2H3,(H,20,21). The topological polar surface area (TPSA) is 28.7 Å². The van der Waals surface area contributed by atoms with Crippen LogP contribution in [-0.4, -0.2) is 16.5 Å². The SMILES string of the molecule is CSc1ccc(-c2n[nH]c(Cl)c2-c2ccc(Cl)c(C)c2)cc1. The first kappa shape index (κ1) is 15.5. The largest absolute Gasteiger partial charge is 0.266 e. The maximum atomic E-state index is 6.32. The lowest BCUT2D eigenvalue weighted by atomic mass is 10.0. The summed E-state index contributed by atoms with van der Waals surface area (Å²) in [5.74, 6) is 0. The molecule has 0 atom stereocenters.